The van der Waals surface area contributed by atoms with Gasteiger partial charge in [0.15, 0.2) is 0 Å². The van der Waals surface area contributed by atoms with Crippen LogP contribution in [0.25, 0.3) is 11.1 Å². The van der Waals surface area contributed by atoms with Crippen LogP contribution >= 0.6 is 11.3 Å². The van der Waals surface area contributed by atoms with Crippen molar-refractivity contribution in [3.8, 4) is 11.1 Å². The van der Waals surface area contributed by atoms with Crippen LogP contribution in [-0.4, -0.2) is 3.26 Å². The van der Waals surface area contributed by atoms with Crippen LogP contribution in [0.2, 0.25) is 13.0 Å². The SMILES string of the molecule is C[C](c1ccc(C)s1)=[Hf]([CH3])([CH3])([c]1cccc2c1Cc1ccccc1-2)[CH]1C=CC=C1. The molecule has 0 fully saturated rings. The first kappa shape index (κ1) is 19.3. The van der Waals surface area contributed by atoms with E-state index in [1.165, 1.54) is 26.4 Å². The number of fused-ring (bicyclic) bond motifs is 3. The number of benzene rings is 2. The molecule has 2 aliphatic carbocycles. The van der Waals surface area contributed by atoms with Crippen LogP contribution in [0.5, 0.6) is 0 Å². The summed E-state index contributed by atoms with van der Waals surface area (Å²) >= 11 is -1.82. The fourth-order valence-electron chi connectivity index (χ4n) is 5.53. The molecule has 0 saturated heterocycles. The summed E-state index contributed by atoms with van der Waals surface area (Å²) in [5.74, 6) is 0. The molecule has 0 bridgehead atoms. The zero-order chi connectivity index (χ0) is 20.2. The second kappa shape index (κ2) is 6.68. The fourth-order valence-corrected chi connectivity index (χ4v) is 28.3. The summed E-state index contributed by atoms with van der Waals surface area (Å²) in [6.07, 6.45) is 10.5. The molecule has 3 aromatic rings. The Morgan fingerprint density at radius 2 is 1.62 bits per heavy atom. The Morgan fingerprint density at radius 3 is 2.34 bits per heavy atom. The van der Waals surface area contributed by atoms with Gasteiger partial charge in [0.25, 0.3) is 0 Å². The van der Waals surface area contributed by atoms with E-state index in [4.69, 9.17) is 0 Å². The Bertz CT molecular complexity index is 1250. The van der Waals surface area contributed by atoms with E-state index >= 15 is 0 Å². The zero-order valence-electron chi connectivity index (χ0n) is 17.7. The van der Waals surface area contributed by atoms with Crippen molar-refractivity contribution in [1.82, 2.24) is 0 Å². The number of hydrogen-bond donors (Lipinski definition) is 0. The Labute approximate surface area is 179 Å². The molecule has 0 atom stereocenters. The summed E-state index contributed by atoms with van der Waals surface area (Å²) in [6.45, 7) is 4.67. The molecule has 2 aromatic carbocycles. The summed E-state index contributed by atoms with van der Waals surface area (Å²) < 4.78 is 9.27. The summed E-state index contributed by atoms with van der Waals surface area (Å²) in [5.41, 5.74) is 5.97. The molecule has 0 saturated carbocycles. The Balaban J connectivity index is 1.86. The molecule has 0 aliphatic heterocycles. The number of rotatable bonds is 3. The van der Waals surface area contributed by atoms with E-state index in [0.29, 0.717) is 3.67 Å². The van der Waals surface area contributed by atoms with E-state index in [0.717, 1.165) is 6.42 Å². The van der Waals surface area contributed by atoms with Crippen molar-refractivity contribution >= 4 is 17.9 Å². The molecule has 0 unspecified atom stereocenters. The van der Waals surface area contributed by atoms with Gasteiger partial charge in [0.1, 0.15) is 0 Å². The van der Waals surface area contributed by atoms with Gasteiger partial charge in [0.05, 0.1) is 0 Å². The van der Waals surface area contributed by atoms with Crippen LogP contribution in [0.1, 0.15) is 27.8 Å². The van der Waals surface area contributed by atoms with Crippen molar-refractivity contribution in [2.45, 2.75) is 33.3 Å². The molecule has 2 aliphatic rings. The molecule has 2 heteroatoms. The molecular formula is C27H28HfS. The molecule has 0 N–H and O–H groups in total. The Hall–Kier alpha value is -1.64. The van der Waals surface area contributed by atoms with Gasteiger partial charge < -0.3 is 0 Å². The van der Waals surface area contributed by atoms with E-state index < -0.39 is 18.0 Å². The van der Waals surface area contributed by atoms with E-state index in [-0.39, 0.29) is 0 Å². The number of hydrogen-bond acceptors (Lipinski definition) is 1. The third kappa shape index (κ3) is 2.75. The van der Waals surface area contributed by atoms with Crippen LogP contribution in [0.4, 0.5) is 0 Å². The first-order valence-electron chi connectivity index (χ1n) is 10.6. The molecule has 0 nitrogen and oxygen atoms in total. The average Bonchev–Trinajstić information content (AvgIpc) is 3.46. The normalized spacial score (nSPS) is 15.6. The van der Waals surface area contributed by atoms with Gasteiger partial charge >= 0.3 is 180 Å². The molecule has 146 valence electrons. The number of allylic oxidation sites excluding steroid dienone is 4. The quantitative estimate of drug-likeness (QED) is 0.232. The molecule has 1 heterocycles. The van der Waals surface area contributed by atoms with Gasteiger partial charge in [-0.25, -0.2) is 0 Å². The minimum atomic E-state index is -3.78. The topological polar surface area (TPSA) is 0 Å². The van der Waals surface area contributed by atoms with Crippen molar-refractivity contribution in [2.24, 2.45) is 0 Å². The number of thiophene rings is 1. The van der Waals surface area contributed by atoms with Crippen molar-refractivity contribution in [3.63, 3.8) is 0 Å². The fraction of sp³-hybridized carbons (Fsp3) is 0.222. The van der Waals surface area contributed by atoms with E-state index in [1.54, 1.807) is 12.1 Å². The van der Waals surface area contributed by atoms with Crippen LogP contribution in [-0.2, 0) is 24.4 Å². The third-order valence-corrected chi connectivity index (χ3v) is 34.9. The molecular weight excluding hydrogens is 535 g/mol. The summed E-state index contributed by atoms with van der Waals surface area (Å²) in [6, 6.07) is 20.7. The van der Waals surface area contributed by atoms with Crippen molar-refractivity contribution in [2.75, 3.05) is 0 Å². The van der Waals surface area contributed by atoms with E-state index in [2.05, 4.69) is 102 Å². The van der Waals surface area contributed by atoms with Crippen molar-refractivity contribution in [3.05, 3.63) is 99.8 Å². The first-order valence-corrected chi connectivity index (χ1v) is 24.2. The van der Waals surface area contributed by atoms with Crippen molar-refractivity contribution < 1.29 is 18.0 Å². The second-order valence-corrected chi connectivity index (χ2v) is 35.7. The second-order valence-electron chi connectivity index (χ2n) is 9.49. The Morgan fingerprint density at radius 1 is 0.897 bits per heavy atom. The summed E-state index contributed by atoms with van der Waals surface area (Å²) in [4.78, 5) is 2.89. The maximum absolute atomic E-state index is 3.78. The summed E-state index contributed by atoms with van der Waals surface area (Å²) in [7, 11) is 0. The number of aryl methyl sites for hydroxylation is 1. The third-order valence-electron chi connectivity index (χ3n) is 7.69. The molecule has 29 heavy (non-hydrogen) atoms. The predicted molar refractivity (Wildman–Crippen MR) is 127 cm³/mol. The monoisotopic (exact) mass is 564 g/mol. The standard InChI is InChI=1S/C13H9.C7H8S.C5H5.2CH3.Hf/c1-3-7-12-10(5-1)9-11-6-2-4-8-13(11)12;1-3-7-5-4-6(2)8-7;1-2-4-5-3-1;;;/h1-5,7-8H,9H2;4-5H,1-2H3;1-5H;2*1H3;. The first-order chi connectivity index (χ1) is 13.9. The molecule has 0 radical (unpaired) electrons. The summed E-state index contributed by atoms with van der Waals surface area (Å²) in [5, 5.41) is 0. The predicted octanol–water partition coefficient (Wildman–Crippen LogP) is 7.19. The van der Waals surface area contributed by atoms with Crippen LogP contribution < -0.4 is 3.32 Å². The molecule has 0 spiro atoms. The van der Waals surface area contributed by atoms with Gasteiger partial charge in [0.2, 0.25) is 0 Å². The zero-order valence-corrected chi connectivity index (χ0v) is 22.1. The van der Waals surface area contributed by atoms with Gasteiger partial charge in [0, 0.05) is 0 Å². The van der Waals surface area contributed by atoms with Gasteiger partial charge in [-0.15, -0.1) is 0 Å². The van der Waals surface area contributed by atoms with Crippen LogP contribution in [0.3, 0.4) is 0 Å². The van der Waals surface area contributed by atoms with Gasteiger partial charge in [-0.1, -0.05) is 0 Å². The van der Waals surface area contributed by atoms with Gasteiger partial charge in [-0.3, -0.25) is 0 Å². The molecule has 1 aromatic heterocycles. The molecule has 0 amide bonds. The van der Waals surface area contributed by atoms with Crippen LogP contribution in [0.15, 0.2) is 78.9 Å². The molecule has 5 rings (SSSR count). The van der Waals surface area contributed by atoms with Gasteiger partial charge in [-0.2, -0.15) is 0 Å². The maximum atomic E-state index is 2.69. The van der Waals surface area contributed by atoms with Crippen molar-refractivity contribution in [1.29, 1.82) is 0 Å². The Kier molecular flexibility index (Phi) is 4.46. The van der Waals surface area contributed by atoms with Gasteiger partial charge in [-0.05, 0) is 0 Å². The minimum absolute atomic E-state index is 0.546. The van der Waals surface area contributed by atoms with E-state index in [9.17, 15) is 0 Å². The average molecular weight is 563 g/mol. The van der Waals surface area contributed by atoms with Crippen LogP contribution in [0, 0.1) is 6.92 Å². The van der Waals surface area contributed by atoms with E-state index in [1.807, 2.05) is 11.3 Å².